The standard InChI is InChI=1S/C15H19BrF2N2O.2ClH/c16-10-8-11(17)14(18)13(15(10)21)12(7-9-1-2-9)20-5-3-19-4-6-20;;/h8-9,12,19,21H,1-7H2;2*1H/t12-;;/m0../s1. The summed E-state index contributed by atoms with van der Waals surface area (Å²) < 4.78 is 28.3. The van der Waals surface area contributed by atoms with E-state index < -0.39 is 11.6 Å². The van der Waals surface area contributed by atoms with Crippen molar-refractivity contribution in [1.82, 2.24) is 10.2 Å². The highest BCUT2D eigenvalue weighted by Crippen LogP contribution is 2.45. The first-order valence-corrected chi connectivity index (χ1v) is 8.18. The van der Waals surface area contributed by atoms with Gasteiger partial charge in [-0.15, -0.1) is 24.8 Å². The van der Waals surface area contributed by atoms with Crippen molar-refractivity contribution in [3.05, 3.63) is 27.7 Å². The maximum Gasteiger partial charge on any atom is 0.167 e. The Labute approximate surface area is 155 Å². The number of rotatable bonds is 4. The van der Waals surface area contributed by atoms with Gasteiger partial charge in [-0.2, -0.15) is 0 Å². The summed E-state index contributed by atoms with van der Waals surface area (Å²) in [6.45, 7) is 3.23. The lowest BCUT2D eigenvalue weighted by Crippen LogP contribution is -2.45. The van der Waals surface area contributed by atoms with Crippen molar-refractivity contribution in [2.75, 3.05) is 26.2 Å². The molecule has 0 unspecified atom stereocenters. The maximum atomic E-state index is 14.3. The molecule has 2 fully saturated rings. The summed E-state index contributed by atoms with van der Waals surface area (Å²) in [5, 5.41) is 13.5. The summed E-state index contributed by atoms with van der Waals surface area (Å²) in [5.74, 6) is -1.44. The summed E-state index contributed by atoms with van der Waals surface area (Å²) >= 11 is 3.12. The van der Waals surface area contributed by atoms with Crippen LogP contribution >= 0.6 is 40.7 Å². The van der Waals surface area contributed by atoms with Crippen LogP contribution < -0.4 is 5.32 Å². The molecule has 2 aliphatic rings. The molecule has 1 atom stereocenters. The van der Waals surface area contributed by atoms with Crippen molar-refractivity contribution >= 4 is 40.7 Å². The molecule has 1 aromatic carbocycles. The van der Waals surface area contributed by atoms with Gasteiger partial charge in [0, 0.05) is 32.2 Å². The lowest BCUT2D eigenvalue weighted by Gasteiger charge is -2.36. The van der Waals surface area contributed by atoms with Gasteiger partial charge in [-0.25, -0.2) is 8.78 Å². The molecular weight excluding hydrogens is 413 g/mol. The molecule has 0 aromatic heterocycles. The lowest BCUT2D eigenvalue weighted by molar-refractivity contribution is 0.153. The highest BCUT2D eigenvalue weighted by atomic mass is 79.9. The Bertz CT molecular complexity index is 514. The van der Waals surface area contributed by atoms with Crippen LogP contribution in [0.15, 0.2) is 10.5 Å². The van der Waals surface area contributed by atoms with Crippen LogP contribution in [0.4, 0.5) is 8.78 Å². The number of phenolic OH excluding ortho intramolecular Hbond substituents is 1. The van der Waals surface area contributed by atoms with E-state index in [-0.39, 0.29) is 46.6 Å². The number of benzene rings is 1. The number of halogens is 5. The fourth-order valence-electron chi connectivity index (χ4n) is 3.02. The van der Waals surface area contributed by atoms with Crippen LogP contribution in [0.5, 0.6) is 5.75 Å². The van der Waals surface area contributed by atoms with Crippen LogP contribution in [-0.4, -0.2) is 36.2 Å². The molecule has 3 nitrogen and oxygen atoms in total. The summed E-state index contributed by atoms with van der Waals surface area (Å²) in [5.41, 5.74) is 0.107. The largest absolute Gasteiger partial charge is 0.506 e. The highest BCUT2D eigenvalue weighted by Gasteiger charge is 2.34. The lowest BCUT2D eigenvalue weighted by atomic mass is 9.97. The fourth-order valence-corrected chi connectivity index (χ4v) is 3.44. The monoisotopic (exact) mass is 432 g/mol. The Morgan fingerprint density at radius 3 is 2.43 bits per heavy atom. The van der Waals surface area contributed by atoms with E-state index in [1.807, 2.05) is 0 Å². The Hall–Kier alpha value is -0.140. The van der Waals surface area contributed by atoms with Crippen molar-refractivity contribution in [1.29, 1.82) is 0 Å². The maximum absolute atomic E-state index is 14.3. The van der Waals surface area contributed by atoms with E-state index in [0.29, 0.717) is 5.92 Å². The van der Waals surface area contributed by atoms with Crippen molar-refractivity contribution in [2.24, 2.45) is 5.92 Å². The van der Waals surface area contributed by atoms with Crippen LogP contribution in [0.3, 0.4) is 0 Å². The third-order valence-electron chi connectivity index (χ3n) is 4.36. The second-order valence-electron chi connectivity index (χ2n) is 5.90. The third kappa shape index (κ3) is 4.69. The number of hydrogen-bond donors (Lipinski definition) is 2. The molecule has 8 heteroatoms. The van der Waals surface area contributed by atoms with E-state index >= 15 is 0 Å². The number of aromatic hydroxyl groups is 1. The minimum atomic E-state index is -0.917. The van der Waals surface area contributed by atoms with Crippen LogP contribution in [0.2, 0.25) is 0 Å². The first-order chi connectivity index (χ1) is 10.1. The molecule has 0 radical (unpaired) electrons. The predicted octanol–water partition coefficient (Wildman–Crippen LogP) is 4.02. The molecule has 1 aromatic rings. The molecule has 1 saturated heterocycles. The Kier molecular flexibility index (Phi) is 8.01. The predicted molar refractivity (Wildman–Crippen MR) is 94.7 cm³/mol. The second-order valence-corrected chi connectivity index (χ2v) is 6.75. The quantitative estimate of drug-likeness (QED) is 0.704. The summed E-state index contributed by atoms with van der Waals surface area (Å²) in [6, 6.07) is 0.728. The SMILES string of the molecule is Cl.Cl.Oc1c(Br)cc(F)c(F)c1[C@H](CC1CC1)N1CCNCC1. The molecule has 1 aliphatic heterocycles. The topological polar surface area (TPSA) is 35.5 Å². The van der Waals surface area contributed by atoms with E-state index in [2.05, 4.69) is 26.1 Å². The average molecular weight is 434 g/mol. The fraction of sp³-hybridized carbons (Fsp3) is 0.600. The molecule has 0 bridgehead atoms. The van der Waals surface area contributed by atoms with Gasteiger partial charge in [0.2, 0.25) is 0 Å². The molecule has 132 valence electrons. The van der Waals surface area contributed by atoms with E-state index in [0.717, 1.165) is 51.5 Å². The van der Waals surface area contributed by atoms with E-state index in [9.17, 15) is 13.9 Å². The van der Waals surface area contributed by atoms with E-state index in [1.54, 1.807) is 0 Å². The molecular formula is C15H21BrCl2F2N2O. The van der Waals surface area contributed by atoms with Crippen molar-refractivity contribution in [2.45, 2.75) is 25.3 Å². The minimum absolute atomic E-state index is 0. The summed E-state index contributed by atoms with van der Waals surface area (Å²) in [4.78, 5) is 2.15. The molecule has 0 spiro atoms. The first kappa shape index (κ1) is 20.9. The van der Waals surface area contributed by atoms with Crippen molar-refractivity contribution in [3.8, 4) is 5.75 Å². The summed E-state index contributed by atoms with van der Waals surface area (Å²) in [6.07, 6.45) is 3.06. The van der Waals surface area contributed by atoms with Gasteiger partial charge in [-0.1, -0.05) is 12.8 Å². The zero-order valence-corrected chi connectivity index (χ0v) is 15.7. The zero-order chi connectivity index (χ0) is 15.0. The first-order valence-electron chi connectivity index (χ1n) is 7.39. The summed E-state index contributed by atoms with van der Waals surface area (Å²) in [7, 11) is 0. The normalized spacial score (nSPS) is 19.6. The highest BCUT2D eigenvalue weighted by molar-refractivity contribution is 9.10. The van der Waals surface area contributed by atoms with Gasteiger partial charge in [0.1, 0.15) is 5.75 Å². The van der Waals surface area contributed by atoms with Gasteiger partial charge >= 0.3 is 0 Å². The third-order valence-corrected chi connectivity index (χ3v) is 4.96. The van der Waals surface area contributed by atoms with Crippen LogP contribution in [0.25, 0.3) is 0 Å². The van der Waals surface area contributed by atoms with E-state index in [1.165, 1.54) is 0 Å². The molecule has 23 heavy (non-hydrogen) atoms. The molecule has 1 aliphatic carbocycles. The van der Waals surface area contributed by atoms with Gasteiger partial charge in [0.15, 0.2) is 11.6 Å². The number of nitrogens with one attached hydrogen (secondary N) is 1. The smallest absolute Gasteiger partial charge is 0.167 e. The van der Waals surface area contributed by atoms with Gasteiger partial charge in [-0.3, -0.25) is 4.90 Å². The van der Waals surface area contributed by atoms with Crippen LogP contribution in [-0.2, 0) is 0 Å². The molecule has 1 saturated carbocycles. The Morgan fingerprint density at radius 1 is 1.26 bits per heavy atom. The van der Waals surface area contributed by atoms with Gasteiger partial charge in [-0.05, 0) is 34.3 Å². The van der Waals surface area contributed by atoms with Crippen LogP contribution in [0, 0.1) is 17.6 Å². The molecule has 2 N–H and O–H groups in total. The molecule has 3 rings (SSSR count). The van der Waals surface area contributed by atoms with Gasteiger partial charge in [0.05, 0.1) is 10.0 Å². The van der Waals surface area contributed by atoms with E-state index in [4.69, 9.17) is 0 Å². The van der Waals surface area contributed by atoms with Gasteiger partial charge < -0.3 is 10.4 Å². The van der Waals surface area contributed by atoms with Crippen molar-refractivity contribution < 1.29 is 13.9 Å². The number of piperazine rings is 1. The number of hydrogen-bond acceptors (Lipinski definition) is 3. The van der Waals surface area contributed by atoms with Crippen molar-refractivity contribution in [3.63, 3.8) is 0 Å². The number of phenols is 1. The Balaban J connectivity index is 0.00000132. The minimum Gasteiger partial charge on any atom is -0.506 e. The molecule has 0 amide bonds. The second kappa shape index (κ2) is 8.81. The number of nitrogens with zero attached hydrogens (tertiary/aromatic N) is 1. The van der Waals surface area contributed by atoms with Gasteiger partial charge in [0.25, 0.3) is 0 Å². The van der Waals surface area contributed by atoms with Crippen LogP contribution in [0.1, 0.15) is 30.9 Å². The zero-order valence-electron chi connectivity index (χ0n) is 12.5. The molecule has 1 heterocycles. The Morgan fingerprint density at radius 2 is 1.87 bits per heavy atom. The average Bonchev–Trinajstić information content (AvgIpc) is 3.29.